The number of aliphatic hydroxyl groups is 1. The molecule has 0 bridgehead atoms. The molecule has 3 amide bonds. The summed E-state index contributed by atoms with van der Waals surface area (Å²) >= 11 is 0. The van der Waals surface area contributed by atoms with E-state index in [1.54, 1.807) is 0 Å². The van der Waals surface area contributed by atoms with Crippen LogP contribution in [0.5, 0.6) is 0 Å². The maximum Gasteiger partial charge on any atom is 0.306 e. The highest BCUT2D eigenvalue weighted by Gasteiger charge is 2.33. The molecule has 212 valence electrons. The Hall–Kier alpha value is -2.94. The van der Waals surface area contributed by atoms with Gasteiger partial charge in [-0.2, -0.15) is 0 Å². The third-order valence-electron chi connectivity index (χ3n) is 7.24. The van der Waals surface area contributed by atoms with E-state index in [1.807, 2.05) is 44.2 Å². The number of ether oxygens (including phenoxy) is 1. The summed E-state index contributed by atoms with van der Waals surface area (Å²) in [4.78, 5) is 49.1. The fourth-order valence-electron chi connectivity index (χ4n) is 5.10. The Morgan fingerprint density at radius 3 is 2.21 bits per heavy atom. The zero-order valence-electron chi connectivity index (χ0n) is 23.2. The molecular formula is C29H45N3O6. The lowest BCUT2D eigenvalue weighted by Crippen LogP contribution is -2.55. The van der Waals surface area contributed by atoms with Crippen LogP contribution in [0.2, 0.25) is 0 Å². The van der Waals surface area contributed by atoms with Crippen LogP contribution in [-0.2, 0) is 30.3 Å². The summed E-state index contributed by atoms with van der Waals surface area (Å²) in [6, 6.07) is 7.98. The zero-order chi connectivity index (χ0) is 28.1. The molecule has 0 spiro atoms. The Bertz CT molecular complexity index is 901. The summed E-state index contributed by atoms with van der Waals surface area (Å²) in [5.74, 6) is -1.26. The summed E-state index contributed by atoms with van der Waals surface area (Å²) in [5, 5.41) is 20.2. The quantitative estimate of drug-likeness (QED) is 0.273. The molecule has 1 aliphatic rings. The lowest BCUT2D eigenvalue weighted by molar-refractivity contribution is -0.142. The van der Waals surface area contributed by atoms with Crippen molar-refractivity contribution in [3.63, 3.8) is 0 Å². The molecule has 4 N–H and O–H groups in total. The molecule has 38 heavy (non-hydrogen) atoms. The molecule has 9 heteroatoms. The first-order valence-electron chi connectivity index (χ1n) is 13.8. The minimum absolute atomic E-state index is 0.0414. The largest absolute Gasteiger partial charge is 0.469 e. The number of benzene rings is 1. The Morgan fingerprint density at radius 2 is 1.63 bits per heavy atom. The Morgan fingerprint density at radius 1 is 0.974 bits per heavy atom. The van der Waals surface area contributed by atoms with E-state index in [4.69, 9.17) is 0 Å². The maximum atomic E-state index is 13.2. The average Bonchev–Trinajstić information content (AvgIpc) is 2.90. The molecule has 1 aliphatic carbocycles. The van der Waals surface area contributed by atoms with Crippen LogP contribution in [0.4, 0.5) is 0 Å². The van der Waals surface area contributed by atoms with Crippen molar-refractivity contribution < 1.29 is 29.0 Å². The smallest absolute Gasteiger partial charge is 0.306 e. The molecule has 1 aromatic rings. The van der Waals surface area contributed by atoms with Crippen LogP contribution in [0, 0.1) is 11.8 Å². The zero-order valence-corrected chi connectivity index (χ0v) is 23.2. The van der Waals surface area contributed by atoms with E-state index < -0.39 is 24.2 Å². The third kappa shape index (κ3) is 10.8. The molecule has 1 saturated carbocycles. The van der Waals surface area contributed by atoms with Crippen molar-refractivity contribution >= 4 is 23.7 Å². The van der Waals surface area contributed by atoms with E-state index in [1.165, 1.54) is 14.0 Å². The molecule has 1 aromatic carbocycles. The number of methoxy groups -OCH3 is 1. The summed E-state index contributed by atoms with van der Waals surface area (Å²) in [5.41, 5.74) is 0.952. The van der Waals surface area contributed by atoms with Gasteiger partial charge in [-0.1, -0.05) is 63.4 Å². The van der Waals surface area contributed by atoms with Crippen molar-refractivity contribution in [3.05, 3.63) is 35.9 Å². The van der Waals surface area contributed by atoms with Gasteiger partial charge in [0, 0.05) is 19.4 Å². The highest BCUT2D eigenvalue weighted by molar-refractivity contribution is 5.87. The Kier molecular flexibility index (Phi) is 13.3. The number of aliphatic hydroxyl groups excluding tert-OH is 1. The van der Waals surface area contributed by atoms with E-state index in [9.17, 15) is 24.3 Å². The van der Waals surface area contributed by atoms with Crippen molar-refractivity contribution in [3.8, 4) is 0 Å². The molecule has 1 fully saturated rings. The summed E-state index contributed by atoms with van der Waals surface area (Å²) in [7, 11) is 1.28. The minimum Gasteiger partial charge on any atom is -0.469 e. The maximum absolute atomic E-state index is 13.2. The number of nitrogens with one attached hydrogen (secondary N) is 3. The standard InChI is InChI=1S/C29H45N3O6/c1-19(2)28(30-20(3)33)29(37)32-23(22-13-9-6-10-14-22)18-25(34)24(17-21-11-7-5-8-12-21)31-26(35)15-16-27(36)38-4/h5,7-8,11-12,19,22-25,28,34H,6,9-10,13-18H2,1-4H3,(H,30,33)(H,31,35)(H,32,37)/t23-,24+,25+,28+/m1/s1. The number of hydrogen-bond donors (Lipinski definition) is 4. The van der Waals surface area contributed by atoms with Gasteiger partial charge < -0.3 is 25.8 Å². The first kappa shape index (κ1) is 31.3. The second kappa shape index (κ2) is 16.1. The molecule has 0 saturated heterocycles. The Balaban J connectivity index is 2.21. The second-order valence-electron chi connectivity index (χ2n) is 10.7. The van der Waals surface area contributed by atoms with Crippen LogP contribution >= 0.6 is 0 Å². The van der Waals surface area contributed by atoms with E-state index >= 15 is 0 Å². The van der Waals surface area contributed by atoms with Crippen molar-refractivity contribution in [1.82, 2.24) is 16.0 Å². The van der Waals surface area contributed by atoms with Crippen LogP contribution in [-0.4, -0.2) is 60.1 Å². The van der Waals surface area contributed by atoms with Gasteiger partial charge in [-0.05, 0) is 43.1 Å². The van der Waals surface area contributed by atoms with Gasteiger partial charge in [0.2, 0.25) is 17.7 Å². The number of amides is 3. The van der Waals surface area contributed by atoms with Gasteiger partial charge in [-0.3, -0.25) is 19.2 Å². The molecule has 0 aliphatic heterocycles. The Labute approximate surface area is 226 Å². The van der Waals surface area contributed by atoms with Crippen LogP contribution in [0.15, 0.2) is 30.3 Å². The summed E-state index contributed by atoms with van der Waals surface area (Å²) in [6.07, 6.45) is 4.78. The molecule has 2 rings (SSSR count). The molecule has 0 unspecified atom stereocenters. The van der Waals surface area contributed by atoms with Gasteiger partial charge in [0.15, 0.2) is 0 Å². The highest BCUT2D eigenvalue weighted by Crippen LogP contribution is 2.29. The first-order valence-corrected chi connectivity index (χ1v) is 13.8. The average molecular weight is 532 g/mol. The fourth-order valence-corrected chi connectivity index (χ4v) is 5.10. The van der Waals surface area contributed by atoms with Crippen LogP contribution in [0.25, 0.3) is 0 Å². The van der Waals surface area contributed by atoms with Crippen LogP contribution < -0.4 is 16.0 Å². The van der Waals surface area contributed by atoms with Crippen LogP contribution in [0.1, 0.15) is 77.7 Å². The number of carbonyl (C=O) groups excluding carboxylic acids is 4. The van der Waals surface area contributed by atoms with Gasteiger partial charge in [0.1, 0.15) is 6.04 Å². The predicted molar refractivity (Wildman–Crippen MR) is 145 cm³/mol. The monoisotopic (exact) mass is 531 g/mol. The van der Waals surface area contributed by atoms with Gasteiger partial charge in [0.05, 0.1) is 25.7 Å². The van der Waals surface area contributed by atoms with Gasteiger partial charge in [0.25, 0.3) is 0 Å². The molecule has 9 nitrogen and oxygen atoms in total. The van der Waals surface area contributed by atoms with Gasteiger partial charge in [-0.15, -0.1) is 0 Å². The lowest BCUT2D eigenvalue weighted by atomic mass is 9.80. The predicted octanol–water partition coefficient (Wildman–Crippen LogP) is 2.64. The van der Waals surface area contributed by atoms with Crippen molar-refractivity contribution in [1.29, 1.82) is 0 Å². The first-order chi connectivity index (χ1) is 18.1. The van der Waals surface area contributed by atoms with Crippen molar-refractivity contribution in [2.45, 2.75) is 103 Å². The number of esters is 1. The van der Waals surface area contributed by atoms with E-state index in [2.05, 4.69) is 20.7 Å². The van der Waals surface area contributed by atoms with Crippen LogP contribution in [0.3, 0.4) is 0 Å². The van der Waals surface area contributed by atoms with Gasteiger partial charge in [-0.25, -0.2) is 0 Å². The molecule has 0 radical (unpaired) electrons. The lowest BCUT2D eigenvalue weighted by Gasteiger charge is -2.35. The highest BCUT2D eigenvalue weighted by atomic mass is 16.5. The molecule has 0 heterocycles. The molecule has 4 atom stereocenters. The van der Waals surface area contributed by atoms with Crippen molar-refractivity contribution in [2.24, 2.45) is 11.8 Å². The number of hydrogen-bond acceptors (Lipinski definition) is 6. The third-order valence-corrected chi connectivity index (χ3v) is 7.24. The fraction of sp³-hybridized carbons (Fsp3) is 0.655. The topological polar surface area (TPSA) is 134 Å². The van der Waals surface area contributed by atoms with E-state index in [0.29, 0.717) is 6.42 Å². The summed E-state index contributed by atoms with van der Waals surface area (Å²) < 4.78 is 4.63. The normalized spacial score (nSPS) is 17.1. The SMILES string of the molecule is COC(=O)CCC(=O)N[C@@H](Cc1ccccc1)[C@@H](O)C[C@@H](NC(=O)[C@@H](NC(C)=O)C(C)C)C1CCCCC1. The van der Waals surface area contributed by atoms with E-state index in [0.717, 1.165) is 37.7 Å². The minimum atomic E-state index is -0.942. The summed E-state index contributed by atoms with van der Waals surface area (Å²) in [6.45, 7) is 5.15. The van der Waals surface area contributed by atoms with Gasteiger partial charge >= 0.3 is 5.97 Å². The van der Waals surface area contributed by atoms with E-state index in [-0.39, 0.29) is 54.9 Å². The molecular weight excluding hydrogens is 486 g/mol. The van der Waals surface area contributed by atoms with Crippen molar-refractivity contribution in [2.75, 3.05) is 7.11 Å². The number of rotatable bonds is 14. The second-order valence-corrected chi connectivity index (χ2v) is 10.7. The number of carbonyl (C=O) groups is 4. The molecule has 0 aromatic heterocycles.